The Morgan fingerprint density at radius 2 is 1.18 bits per heavy atom. The third-order valence-corrected chi connectivity index (χ3v) is 7.75. The van der Waals surface area contributed by atoms with Gasteiger partial charge in [0.2, 0.25) is 5.60 Å². The molecule has 0 fully saturated rings. The summed E-state index contributed by atoms with van der Waals surface area (Å²) in [7, 11) is 4.53. The molecule has 0 aromatic carbocycles. The number of nitrogens with one attached hydrogen (secondary N) is 3. The number of hydrogen-bond donors (Lipinski definition) is 6. The summed E-state index contributed by atoms with van der Waals surface area (Å²) in [6.07, 6.45) is -3.02. The maximum Gasteiger partial charge on any atom is 0.349 e. The molecule has 0 aromatic rings. The van der Waals surface area contributed by atoms with Crippen molar-refractivity contribution >= 4 is 23.5 Å². The third-order valence-electron chi connectivity index (χ3n) is 7.75. The van der Waals surface area contributed by atoms with E-state index in [-0.39, 0.29) is 11.8 Å². The minimum atomic E-state index is -2.82. The minimum absolute atomic E-state index is 0.274. The topological polar surface area (TPSA) is 174 Å². The first-order chi connectivity index (χ1) is 17.6. The van der Waals surface area contributed by atoms with Crippen molar-refractivity contribution in [3.05, 3.63) is 0 Å². The average molecular weight is 546 g/mol. The summed E-state index contributed by atoms with van der Waals surface area (Å²) in [6, 6.07) is -3.00. The molecule has 0 spiro atoms. The number of aliphatic carboxylic acids is 1. The number of carbonyl (C=O) groups is 4. The SMILES string of the molecule is CC[C@@H](C)[C@@H](NC)C(=O)OC(CC(C)O)(C(=O)O)C(CC(C)O)(C(=O)[C@@H](C)NC)C(=O)[C@H](NC)[C@@H](C)CC. The number of carboxylic acids is 1. The molecule has 0 bridgehead atoms. The Balaban J connectivity index is 7.87. The molecule has 0 aliphatic carbocycles. The molecule has 0 saturated carbocycles. The monoisotopic (exact) mass is 545 g/mol. The zero-order chi connectivity index (χ0) is 30.0. The van der Waals surface area contributed by atoms with Crippen molar-refractivity contribution in [1.29, 1.82) is 0 Å². The van der Waals surface area contributed by atoms with E-state index in [1.807, 2.05) is 13.8 Å². The molecule has 0 saturated heterocycles. The lowest BCUT2D eigenvalue weighted by Gasteiger charge is -2.49. The highest BCUT2D eigenvalue weighted by molar-refractivity contribution is 6.16. The molecule has 11 nitrogen and oxygen atoms in total. The normalized spacial score (nSPS) is 20.5. The van der Waals surface area contributed by atoms with Gasteiger partial charge >= 0.3 is 11.9 Å². The summed E-state index contributed by atoms with van der Waals surface area (Å²) in [5.41, 5.74) is -5.37. The van der Waals surface area contributed by atoms with Gasteiger partial charge < -0.3 is 36.0 Å². The summed E-state index contributed by atoms with van der Waals surface area (Å²) < 4.78 is 5.83. The molecule has 0 radical (unpaired) electrons. The number of ketones is 2. The van der Waals surface area contributed by atoms with Gasteiger partial charge in [-0.05, 0) is 60.2 Å². The first-order valence-corrected chi connectivity index (χ1v) is 13.5. The second kappa shape index (κ2) is 15.6. The highest BCUT2D eigenvalue weighted by atomic mass is 16.6. The van der Waals surface area contributed by atoms with E-state index >= 15 is 0 Å². The number of likely N-dealkylation sites (N-methyl/N-ethyl adjacent to an activating group) is 3. The van der Waals surface area contributed by atoms with Crippen LogP contribution in [0.5, 0.6) is 0 Å². The van der Waals surface area contributed by atoms with Gasteiger partial charge in [0, 0.05) is 6.42 Å². The smallest absolute Gasteiger partial charge is 0.349 e. The molecule has 9 atom stereocenters. The van der Waals surface area contributed by atoms with Crippen LogP contribution in [-0.4, -0.2) is 95.9 Å². The van der Waals surface area contributed by atoms with Gasteiger partial charge in [-0.15, -0.1) is 0 Å². The number of rotatable bonds is 19. The summed E-state index contributed by atoms with van der Waals surface area (Å²) in [5.74, 6) is -5.00. The summed E-state index contributed by atoms with van der Waals surface area (Å²) in [5, 5.41) is 40.5. The number of Topliss-reactive ketones (excluding diaryl/α,β-unsaturated/α-hetero) is 2. The van der Waals surface area contributed by atoms with Crippen LogP contribution in [0.3, 0.4) is 0 Å². The quantitative estimate of drug-likeness (QED) is 0.100. The Labute approximate surface area is 227 Å². The van der Waals surface area contributed by atoms with E-state index in [1.54, 1.807) is 13.8 Å². The molecule has 0 aromatic heterocycles. The molecule has 38 heavy (non-hydrogen) atoms. The fraction of sp³-hybridized carbons (Fsp3) is 0.852. The van der Waals surface area contributed by atoms with Gasteiger partial charge in [0.05, 0.1) is 24.3 Å². The summed E-state index contributed by atoms with van der Waals surface area (Å²) >= 11 is 0. The number of hydrogen-bond acceptors (Lipinski definition) is 10. The van der Waals surface area contributed by atoms with Crippen LogP contribution < -0.4 is 16.0 Å². The van der Waals surface area contributed by atoms with E-state index in [0.717, 1.165) is 0 Å². The van der Waals surface area contributed by atoms with Crippen molar-refractivity contribution in [2.24, 2.45) is 17.3 Å². The first-order valence-electron chi connectivity index (χ1n) is 13.5. The molecule has 6 N–H and O–H groups in total. The molecule has 4 unspecified atom stereocenters. The Morgan fingerprint density at radius 3 is 1.53 bits per heavy atom. The average Bonchev–Trinajstić information content (AvgIpc) is 2.85. The minimum Gasteiger partial charge on any atom is -0.478 e. The van der Waals surface area contributed by atoms with Crippen LogP contribution in [0.4, 0.5) is 0 Å². The van der Waals surface area contributed by atoms with Crippen molar-refractivity contribution in [2.45, 2.75) is 110 Å². The fourth-order valence-corrected chi connectivity index (χ4v) is 5.14. The number of aliphatic hydroxyl groups excluding tert-OH is 2. The van der Waals surface area contributed by atoms with Crippen LogP contribution >= 0.6 is 0 Å². The summed E-state index contributed by atoms with van der Waals surface area (Å²) in [4.78, 5) is 55.7. The molecule has 11 heteroatoms. The second-order valence-corrected chi connectivity index (χ2v) is 10.6. The standard InChI is InChI=1S/C27H51N3O8/c1-11-15(3)20(29-9)23(34)26(13-17(5)31,22(33)19(7)28-8)27(25(36)37,14-18(6)32)38-24(35)21(30-10)16(4)12-2/h15-21,28-32H,11-14H2,1-10H3,(H,36,37)/t15-,16+,17?,18?,19+,20+,21+,26?,27?/m0/s1. The van der Waals surface area contributed by atoms with Crippen LogP contribution in [0.25, 0.3) is 0 Å². The van der Waals surface area contributed by atoms with Gasteiger partial charge in [-0.1, -0.05) is 40.5 Å². The van der Waals surface area contributed by atoms with Crippen molar-refractivity contribution < 1.29 is 39.2 Å². The maximum absolute atomic E-state index is 14.6. The highest BCUT2D eigenvalue weighted by Gasteiger charge is 2.70. The van der Waals surface area contributed by atoms with Gasteiger partial charge in [0.15, 0.2) is 11.6 Å². The van der Waals surface area contributed by atoms with Gasteiger partial charge in [-0.2, -0.15) is 0 Å². The Morgan fingerprint density at radius 1 is 0.737 bits per heavy atom. The molecule has 0 aliphatic rings. The number of aliphatic hydroxyl groups is 2. The lowest BCUT2D eigenvalue weighted by molar-refractivity contribution is -0.209. The van der Waals surface area contributed by atoms with Crippen LogP contribution in [0.2, 0.25) is 0 Å². The zero-order valence-electron chi connectivity index (χ0n) is 24.8. The van der Waals surface area contributed by atoms with E-state index in [1.165, 1.54) is 41.9 Å². The lowest BCUT2D eigenvalue weighted by Crippen LogP contribution is -2.71. The second-order valence-electron chi connectivity index (χ2n) is 10.6. The van der Waals surface area contributed by atoms with E-state index in [9.17, 15) is 34.5 Å². The molecule has 0 heterocycles. The van der Waals surface area contributed by atoms with E-state index in [4.69, 9.17) is 4.74 Å². The Bertz CT molecular complexity index is 805. The maximum atomic E-state index is 14.6. The highest BCUT2D eigenvalue weighted by Crippen LogP contribution is 2.47. The lowest BCUT2D eigenvalue weighted by atomic mass is 9.57. The van der Waals surface area contributed by atoms with Gasteiger partial charge in [0.25, 0.3) is 0 Å². The number of carbonyl (C=O) groups excluding carboxylic acids is 3. The van der Waals surface area contributed by atoms with Crippen LogP contribution in [0.15, 0.2) is 0 Å². The van der Waals surface area contributed by atoms with Crippen molar-refractivity contribution in [2.75, 3.05) is 21.1 Å². The van der Waals surface area contributed by atoms with Crippen molar-refractivity contribution in [3.8, 4) is 0 Å². The number of esters is 1. The zero-order valence-corrected chi connectivity index (χ0v) is 24.8. The first kappa shape index (κ1) is 36.1. The molecular formula is C27H51N3O8. The third kappa shape index (κ3) is 7.59. The largest absolute Gasteiger partial charge is 0.478 e. The van der Waals surface area contributed by atoms with Crippen LogP contribution in [0, 0.1) is 17.3 Å². The molecule has 0 amide bonds. The van der Waals surface area contributed by atoms with E-state index < -0.39 is 77.7 Å². The molecule has 0 aliphatic heterocycles. The van der Waals surface area contributed by atoms with Gasteiger partial charge in [0.1, 0.15) is 11.5 Å². The summed E-state index contributed by atoms with van der Waals surface area (Å²) in [6.45, 7) is 11.4. The molecule has 0 rings (SSSR count). The van der Waals surface area contributed by atoms with E-state index in [2.05, 4.69) is 16.0 Å². The fourth-order valence-electron chi connectivity index (χ4n) is 5.14. The number of ether oxygens (including phenoxy) is 1. The van der Waals surface area contributed by atoms with Crippen molar-refractivity contribution in [1.82, 2.24) is 16.0 Å². The Hall–Kier alpha value is -1.92. The predicted molar refractivity (Wildman–Crippen MR) is 145 cm³/mol. The molecule has 222 valence electrons. The van der Waals surface area contributed by atoms with Gasteiger partial charge in [-0.25, -0.2) is 4.79 Å². The number of carboxylic acid groups (broad SMARTS) is 1. The van der Waals surface area contributed by atoms with Crippen LogP contribution in [-0.2, 0) is 23.9 Å². The van der Waals surface area contributed by atoms with Crippen molar-refractivity contribution in [3.63, 3.8) is 0 Å². The Kier molecular flexibility index (Phi) is 14.8. The van der Waals surface area contributed by atoms with E-state index in [0.29, 0.717) is 12.8 Å². The van der Waals surface area contributed by atoms with Crippen LogP contribution in [0.1, 0.15) is 74.1 Å². The van der Waals surface area contributed by atoms with Gasteiger partial charge in [-0.3, -0.25) is 14.4 Å². The predicted octanol–water partition coefficient (Wildman–Crippen LogP) is 0.896. The molecular weight excluding hydrogens is 494 g/mol.